The van der Waals surface area contributed by atoms with Crippen LogP contribution in [0.2, 0.25) is 0 Å². The minimum atomic E-state index is 0.197. The maximum atomic E-state index is 5.24. The Hall–Kier alpha value is -1.61. The van der Waals surface area contributed by atoms with E-state index in [4.69, 9.17) is 4.74 Å². The predicted octanol–water partition coefficient (Wildman–Crippen LogP) is 2.99. The summed E-state index contributed by atoms with van der Waals surface area (Å²) in [6.45, 7) is 4.85. The summed E-state index contributed by atoms with van der Waals surface area (Å²) in [5, 5.41) is 4.57. The minimum absolute atomic E-state index is 0.197. The molecule has 0 saturated carbocycles. The molecule has 1 aromatic carbocycles. The third-order valence-electron chi connectivity index (χ3n) is 2.83. The number of hydrogen-bond acceptors (Lipinski definition) is 3. The second-order valence-corrected chi connectivity index (χ2v) is 4.26. The summed E-state index contributed by atoms with van der Waals surface area (Å²) in [5.74, 6) is 0. The van der Waals surface area contributed by atoms with Gasteiger partial charge in [-0.25, -0.2) is 0 Å². The molecule has 0 amide bonds. The highest BCUT2D eigenvalue weighted by molar-refractivity contribution is 5.91. The molecule has 1 aromatic heterocycles. The first-order valence-corrected chi connectivity index (χ1v) is 5.84. The molecule has 0 spiro atoms. The van der Waals surface area contributed by atoms with E-state index in [0.717, 1.165) is 28.8 Å². The number of nitrogens with one attached hydrogen (secondary N) is 1. The summed E-state index contributed by atoms with van der Waals surface area (Å²) < 4.78 is 5.24. The highest BCUT2D eigenvalue weighted by atomic mass is 16.5. The largest absolute Gasteiger partial charge is 0.382 e. The van der Waals surface area contributed by atoms with Crippen molar-refractivity contribution >= 4 is 16.6 Å². The SMILES string of the molecule is COC(C)CNc1cc(C)nc2ccccc12. The molecule has 0 fully saturated rings. The van der Waals surface area contributed by atoms with Crippen molar-refractivity contribution in [1.82, 2.24) is 4.98 Å². The average Bonchev–Trinajstić information content (AvgIpc) is 2.35. The molecule has 1 N–H and O–H groups in total. The Morgan fingerprint density at radius 3 is 2.88 bits per heavy atom. The standard InChI is InChI=1S/C14H18N2O/c1-10-8-14(15-9-11(2)17-3)12-6-4-5-7-13(12)16-10/h4-8,11H,9H2,1-3H3,(H,15,16). The monoisotopic (exact) mass is 230 g/mol. The number of anilines is 1. The number of aryl methyl sites for hydroxylation is 1. The predicted molar refractivity (Wildman–Crippen MR) is 71.4 cm³/mol. The maximum absolute atomic E-state index is 5.24. The second kappa shape index (κ2) is 5.15. The van der Waals surface area contributed by atoms with Crippen molar-refractivity contribution in [2.75, 3.05) is 19.0 Å². The molecule has 1 unspecified atom stereocenters. The summed E-state index contributed by atoms with van der Waals surface area (Å²) in [5.41, 5.74) is 3.17. The lowest BCUT2D eigenvalue weighted by Crippen LogP contribution is -2.18. The average molecular weight is 230 g/mol. The number of nitrogens with zero attached hydrogens (tertiary/aromatic N) is 1. The molecular weight excluding hydrogens is 212 g/mol. The van der Waals surface area contributed by atoms with Gasteiger partial charge in [-0.3, -0.25) is 4.98 Å². The highest BCUT2D eigenvalue weighted by Gasteiger charge is 2.04. The van der Waals surface area contributed by atoms with E-state index >= 15 is 0 Å². The number of rotatable bonds is 4. The smallest absolute Gasteiger partial charge is 0.0725 e. The molecule has 0 aliphatic heterocycles. The van der Waals surface area contributed by atoms with Crippen LogP contribution in [0.15, 0.2) is 30.3 Å². The van der Waals surface area contributed by atoms with Crippen LogP contribution < -0.4 is 5.32 Å². The molecule has 0 aliphatic rings. The molecule has 1 heterocycles. The van der Waals surface area contributed by atoms with Gasteiger partial charge in [-0.15, -0.1) is 0 Å². The zero-order valence-electron chi connectivity index (χ0n) is 10.5. The molecule has 0 saturated heterocycles. The topological polar surface area (TPSA) is 34.1 Å². The minimum Gasteiger partial charge on any atom is -0.382 e. The van der Waals surface area contributed by atoms with Gasteiger partial charge in [0.15, 0.2) is 0 Å². The van der Waals surface area contributed by atoms with Gasteiger partial charge >= 0.3 is 0 Å². The fourth-order valence-electron chi connectivity index (χ4n) is 1.79. The summed E-state index contributed by atoms with van der Waals surface area (Å²) in [4.78, 5) is 4.51. The number of para-hydroxylation sites is 1. The molecule has 0 radical (unpaired) electrons. The van der Waals surface area contributed by atoms with E-state index in [1.54, 1.807) is 7.11 Å². The van der Waals surface area contributed by atoms with Gasteiger partial charge in [0.1, 0.15) is 0 Å². The van der Waals surface area contributed by atoms with Crippen molar-refractivity contribution in [2.24, 2.45) is 0 Å². The molecule has 3 heteroatoms. The Bertz CT molecular complexity index is 511. The number of ether oxygens (including phenoxy) is 1. The van der Waals surface area contributed by atoms with Crippen LogP contribution in [0, 0.1) is 6.92 Å². The normalized spacial score (nSPS) is 12.6. The Labute approximate surface area is 102 Å². The maximum Gasteiger partial charge on any atom is 0.0725 e. The van der Waals surface area contributed by atoms with Crippen LogP contribution >= 0.6 is 0 Å². The molecule has 2 rings (SSSR count). The van der Waals surface area contributed by atoms with Gasteiger partial charge in [-0.1, -0.05) is 18.2 Å². The number of fused-ring (bicyclic) bond motifs is 1. The van der Waals surface area contributed by atoms with E-state index in [1.807, 2.05) is 32.0 Å². The van der Waals surface area contributed by atoms with Crippen LogP contribution in [0.5, 0.6) is 0 Å². The molecular formula is C14H18N2O. The molecule has 90 valence electrons. The molecule has 1 atom stereocenters. The molecule has 17 heavy (non-hydrogen) atoms. The number of benzene rings is 1. The Balaban J connectivity index is 2.32. The van der Waals surface area contributed by atoms with Gasteiger partial charge in [-0.05, 0) is 26.0 Å². The van der Waals surface area contributed by atoms with Gasteiger partial charge in [0.2, 0.25) is 0 Å². The van der Waals surface area contributed by atoms with Crippen molar-refractivity contribution in [3.05, 3.63) is 36.0 Å². The van der Waals surface area contributed by atoms with E-state index in [9.17, 15) is 0 Å². The second-order valence-electron chi connectivity index (χ2n) is 4.26. The number of aromatic nitrogens is 1. The summed E-state index contributed by atoms with van der Waals surface area (Å²) >= 11 is 0. The van der Waals surface area contributed by atoms with Gasteiger partial charge in [0.05, 0.1) is 11.6 Å². The van der Waals surface area contributed by atoms with Crippen molar-refractivity contribution in [2.45, 2.75) is 20.0 Å². The van der Waals surface area contributed by atoms with Crippen LogP contribution in [0.1, 0.15) is 12.6 Å². The first-order valence-electron chi connectivity index (χ1n) is 5.84. The number of methoxy groups -OCH3 is 1. The van der Waals surface area contributed by atoms with Crippen molar-refractivity contribution in [1.29, 1.82) is 0 Å². The van der Waals surface area contributed by atoms with E-state index < -0.39 is 0 Å². The molecule has 0 aliphatic carbocycles. The fourth-order valence-corrected chi connectivity index (χ4v) is 1.79. The van der Waals surface area contributed by atoms with E-state index in [1.165, 1.54) is 0 Å². The highest BCUT2D eigenvalue weighted by Crippen LogP contribution is 2.22. The lowest BCUT2D eigenvalue weighted by molar-refractivity contribution is 0.129. The van der Waals surface area contributed by atoms with Crippen LogP contribution in [0.3, 0.4) is 0 Å². The first-order chi connectivity index (χ1) is 8.20. The first kappa shape index (κ1) is 11.9. The van der Waals surface area contributed by atoms with Crippen LogP contribution in [0.25, 0.3) is 10.9 Å². The van der Waals surface area contributed by atoms with Gasteiger partial charge in [0.25, 0.3) is 0 Å². The lowest BCUT2D eigenvalue weighted by atomic mass is 10.1. The zero-order chi connectivity index (χ0) is 12.3. The Morgan fingerprint density at radius 1 is 1.35 bits per heavy atom. The van der Waals surface area contributed by atoms with E-state index in [0.29, 0.717) is 0 Å². The lowest BCUT2D eigenvalue weighted by Gasteiger charge is -2.14. The number of pyridine rings is 1. The summed E-state index contributed by atoms with van der Waals surface area (Å²) in [6.07, 6.45) is 0.197. The Kier molecular flexibility index (Phi) is 3.59. The third kappa shape index (κ3) is 2.74. The van der Waals surface area contributed by atoms with Crippen LogP contribution in [-0.4, -0.2) is 24.7 Å². The van der Waals surface area contributed by atoms with Crippen molar-refractivity contribution in [3.63, 3.8) is 0 Å². The van der Waals surface area contributed by atoms with Crippen molar-refractivity contribution in [3.8, 4) is 0 Å². The van der Waals surface area contributed by atoms with Gasteiger partial charge < -0.3 is 10.1 Å². The van der Waals surface area contributed by atoms with E-state index in [-0.39, 0.29) is 6.10 Å². The Morgan fingerprint density at radius 2 is 2.12 bits per heavy atom. The third-order valence-corrected chi connectivity index (χ3v) is 2.83. The summed E-state index contributed by atoms with van der Waals surface area (Å²) in [6, 6.07) is 10.2. The zero-order valence-corrected chi connectivity index (χ0v) is 10.5. The molecule has 3 nitrogen and oxygen atoms in total. The number of hydrogen-bond donors (Lipinski definition) is 1. The molecule has 2 aromatic rings. The van der Waals surface area contributed by atoms with Gasteiger partial charge in [-0.2, -0.15) is 0 Å². The van der Waals surface area contributed by atoms with Crippen LogP contribution in [0.4, 0.5) is 5.69 Å². The summed E-state index contributed by atoms with van der Waals surface area (Å²) in [7, 11) is 1.72. The van der Waals surface area contributed by atoms with Gasteiger partial charge in [0, 0.05) is 30.4 Å². The van der Waals surface area contributed by atoms with Crippen LogP contribution in [-0.2, 0) is 4.74 Å². The van der Waals surface area contributed by atoms with E-state index in [2.05, 4.69) is 22.4 Å². The van der Waals surface area contributed by atoms with Crippen molar-refractivity contribution < 1.29 is 4.74 Å². The fraction of sp³-hybridized carbons (Fsp3) is 0.357. The quantitative estimate of drug-likeness (QED) is 0.876. The molecule has 0 bridgehead atoms.